The highest BCUT2D eigenvalue weighted by atomic mass is 14.6. The fraction of sp³-hybridized carbons (Fsp3) is 0.500. The van der Waals surface area contributed by atoms with E-state index in [1.54, 1.807) is 0 Å². The van der Waals surface area contributed by atoms with E-state index in [0.29, 0.717) is 0 Å². The maximum atomic E-state index is 6.08. The second kappa shape index (κ2) is 8.05. The van der Waals surface area contributed by atoms with Gasteiger partial charge in [-0.3, -0.25) is 4.98 Å². The third-order valence-corrected chi connectivity index (χ3v) is 2.73. The maximum absolute atomic E-state index is 6.08. The average Bonchev–Trinajstić information content (AvgIpc) is 2.30. The van der Waals surface area contributed by atoms with Crippen LogP contribution in [-0.4, -0.2) is 11.0 Å². The van der Waals surface area contributed by atoms with Gasteiger partial charge in [-0.05, 0) is 43.4 Å². The fourth-order valence-corrected chi connectivity index (χ4v) is 1.80. The molecule has 0 saturated heterocycles. The van der Waals surface area contributed by atoms with Crippen LogP contribution in [0.25, 0.3) is 0 Å². The minimum Gasteiger partial charge on any atom is -0.327 e. The molecule has 2 heteroatoms. The Hall–Kier alpha value is -1.15. The quantitative estimate of drug-likeness (QED) is 0.538. The van der Waals surface area contributed by atoms with E-state index in [1.807, 2.05) is 30.6 Å². The van der Waals surface area contributed by atoms with Crippen molar-refractivity contribution in [1.29, 1.82) is 0 Å². The van der Waals surface area contributed by atoms with Gasteiger partial charge in [-0.25, -0.2) is 0 Å². The van der Waals surface area contributed by atoms with Crippen LogP contribution < -0.4 is 5.73 Å². The molecule has 1 aromatic heterocycles. The molecule has 1 unspecified atom stereocenters. The fourth-order valence-electron chi connectivity index (χ4n) is 1.80. The van der Waals surface area contributed by atoms with Crippen molar-refractivity contribution in [3.63, 3.8) is 0 Å². The first-order valence-corrected chi connectivity index (χ1v) is 6.08. The second-order valence-electron chi connectivity index (χ2n) is 4.25. The molecular weight excluding hydrogens is 196 g/mol. The number of nitrogens with two attached hydrogens (primary N) is 1. The van der Waals surface area contributed by atoms with Crippen molar-refractivity contribution in [3.05, 3.63) is 42.7 Å². The summed E-state index contributed by atoms with van der Waals surface area (Å²) >= 11 is 0. The Labute approximate surface area is 98.6 Å². The molecular formula is C14H22N2. The summed E-state index contributed by atoms with van der Waals surface area (Å²) in [6.07, 6.45) is 12.6. The first-order valence-electron chi connectivity index (χ1n) is 6.08. The molecule has 1 heterocycles. The minimum absolute atomic E-state index is 0.283. The summed E-state index contributed by atoms with van der Waals surface area (Å²) in [7, 11) is 0. The van der Waals surface area contributed by atoms with Crippen LogP contribution >= 0.6 is 0 Å². The lowest BCUT2D eigenvalue weighted by molar-refractivity contribution is 0.550. The largest absolute Gasteiger partial charge is 0.327 e. The number of pyridine rings is 1. The van der Waals surface area contributed by atoms with Gasteiger partial charge in [-0.15, -0.1) is 6.58 Å². The van der Waals surface area contributed by atoms with Crippen molar-refractivity contribution < 1.29 is 0 Å². The highest BCUT2D eigenvalue weighted by Gasteiger charge is 2.03. The maximum Gasteiger partial charge on any atom is 0.0270 e. The van der Waals surface area contributed by atoms with E-state index >= 15 is 0 Å². The third kappa shape index (κ3) is 5.66. The number of allylic oxidation sites excluding steroid dienone is 1. The molecule has 16 heavy (non-hydrogen) atoms. The topological polar surface area (TPSA) is 38.9 Å². The third-order valence-electron chi connectivity index (χ3n) is 2.73. The summed E-state index contributed by atoms with van der Waals surface area (Å²) in [4.78, 5) is 4.00. The number of rotatable bonds is 8. The molecule has 2 N–H and O–H groups in total. The smallest absolute Gasteiger partial charge is 0.0270 e. The minimum atomic E-state index is 0.283. The zero-order valence-corrected chi connectivity index (χ0v) is 9.94. The normalized spacial score (nSPS) is 12.3. The van der Waals surface area contributed by atoms with Crippen molar-refractivity contribution in [2.45, 2.75) is 44.6 Å². The van der Waals surface area contributed by atoms with Gasteiger partial charge in [-0.1, -0.05) is 18.9 Å². The molecule has 0 radical (unpaired) electrons. The van der Waals surface area contributed by atoms with Crippen LogP contribution in [0, 0.1) is 0 Å². The molecule has 88 valence electrons. The van der Waals surface area contributed by atoms with Crippen molar-refractivity contribution >= 4 is 0 Å². The summed E-state index contributed by atoms with van der Waals surface area (Å²) in [5, 5.41) is 0. The Kier molecular flexibility index (Phi) is 6.50. The van der Waals surface area contributed by atoms with Gasteiger partial charge in [0.05, 0.1) is 0 Å². The summed E-state index contributed by atoms with van der Waals surface area (Å²) < 4.78 is 0. The monoisotopic (exact) mass is 218 g/mol. The lowest BCUT2D eigenvalue weighted by atomic mass is 10.0. The van der Waals surface area contributed by atoms with Crippen molar-refractivity contribution in [2.24, 2.45) is 5.73 Å². The van der Waals surface area contributed by atoms with Gasteiger partial charge in [0, 0.05) is 18.4 Å². The van der Waals surface area contributed by atoms with Gasteiger partial charge in [0.15, 0.2) is 0 Å². The van der Waals surface area contributed by atoms with Crippen molar-refractivity contribution in [1.82, 2.24) is 4.98 Å². The first-order chi connectivity index (χ1) is 7.83. The lowest BCUT2D eigenvalue weighted by Crippen LogP contribution is -2.22. The number of aromatic nitrogens is 1. The van der Waals surface area contributed by atoms with Crippen LogP contribution in [0.3, 0.4) is 0 Å². The molecule has 0 spiro atoms. The number of hydrogen-bond donors (Lipinski definition) is 1. The Morgan fingerprint density at radius 3 is 2.69 bits per heavy atom. The van der Waals surface area contributed by atoms with Gasteiger partial charge in [-0.2, -0.15) is 0 Å². The summed E-state index contributed by atoms with van der Waals surface area (Å²) in [6, 6.07) is 4.36. The van der Waals surface area contributed by atoms with Crippen LogP contribution in [0.2, 0.25) is 0 Å². The average molecular weight is 218 g/mol. The van der Waals surface area contributed by atoms with Crippen molar-refractivity contribution in [3.8, 4) is 0 Å². The Morgan fingerprint density at radius 1 is 1.25 bits per heavy atom. The molecule has 0 aliphatic rings. The van der Waals surface area contributed by atoms with E-state index < -0.39 is 0 Å². The van der Waals surface area contributed by atoms with E-state index in [9.17, 15) is 0 Å². The SMILES string of the molecule is C=CCCCCCC(N)Cc1ccncc1. The Morgan fingerprint density at radius 2 is 2.00 bits per heavy atom. The molecule has 1 rings (SSSR count). The predicted octanol–water partition coefficient (Wildman–Crippen LogP) is 3.09. The summed E-state index contributed by atoms with van der Waals surface area (Å²) in [5.74, 6) is 0. The molecule has 0 bridgehead atoms. The highest BCUT2D eigenvalue weighted by molar-refractivity contribution is 5.10. The van der Waals surface area contributed by atoms with Crippen LogP contribution in [0.1, 0.15) is 37.7 Å². The molecule has 2 nitrogen and oxygen atoms in total. The van der Waals surface area contributed by atoms with Crippen LogP contribution in [0.5, 0.6) is 0 Å². The molecule has 0 aliphatic heterocycles. The van der Waals surface area contributed by atoms with Crippen molar-refractivity contribution in [2.75, 3.05) is 0 Å². The number of unbranched alkanes of at least 4 members (excludes halogenated alkanes) is 3. The molecule has 1 aromatic rings. The molecule has 0 fully saturated rings. The molecule has 0 saturated carbocycles. The van der Waals surface area contributed by atoms with Crippen LogP contribution in [0.15, 0.2) is 37.2 Å². The molecule has 0 aliphatic carbocycles. The van der Waals surface area contributed by atoms with Gasteiger partial charge in [0.1, 0.15) is 0 Å². The standard InChI is InChI=1S/C14H22N2/c1-2-3-4-5-6-7-14(15)12-13-8-10-16-11-9-13/h2,8-11,14H,1,3-7,12,15H2. The summed E-state index contributed by atoms with van der Waals surface area (Å²) in [5.41, 5.74) is 7.37. The van der Waals surface area contributed by atoms with E-state index in [2.05, 4.69) is 11.6 Å². The van der Waals surface area contributed by atoms with E-state index in [0.717, 1.165) is 19.3 Å². The summed E-state index contributed by atoms with van der Waals surface area (Å²) in [6.45, 7) is 3.72. The highest BCUT2D eigenvalue weighted by Crippen LogP contribution is 2.08. The molecule has 1 atom stereocenters. The lowest BCUT2D eigenvalue weighted by Gasteiger charge is -2.10. The van der Waals surface area contributed by atoms with E-state index in [4.69, 9.17) is 5.73 Å². The Bertz CT molecular complexity index is 282. The van der Waals surface area contributed by atoms with Gasteiger partial charge >= 0.3 is 0 Å². The van der Waals surface area contributed by atoms with Crippen LogP contribution in [0.4, 0.5) is 0 Å². The van der Waals surface area contributed by atoms with E-state index in [-0.39, 0.29) is 6.04 Å². The number of hydrogen-bond acceptors (Lipinski definition) is 2. The predicted molar refractivity (Wildman–Crippen MR) is 69.2 cm³/mol. The molecule has 0 aromatic carbocycles. The van der Waals surface area contributed by atoms with Gasteiger partial charge in [0.25, 0.3) is 0 Å². The number of nitrogens with zero attached hydrogens (tertiary/aromatic N) is 1. The van der Waals surface area contributed by atoms with Gasteiger partial charge < -0.3 is 5.73 Å². The zero-order valence-electron chi connectivity index (χ0n) is 9.94. The zero-order chi connectivity index (χ0) is 11.6. The second-order valence-corrected chi connectivity index (χ2v) is 4.25. The first kappa shape index (κ1) is 12.9. The van der Waals surface area contributed by atoms with E-state index in [1.165, 1.54) is 24.8 Å². The molecule has 0 amide bonds. The Balaban J connectivity index is 2.11. The van der Waals surface area contributed by atoms with Crippen LogP contribution in [-0.2, 0) is 6.42 Å². The van der Waals surface area contributed by atoms with Gasteiger partial charge in [0.2, 0.25) is 0 Å².